The number of amides is 1. The minimum absolute atomic E-state index is 0.112. The highest BCUT2D eigenvalue weighted by Crippen LogP contribution is 2.23. The van der Waals surface area contributed by atoms with Crippen LogP contribution in [0.2, 0.25) is 0 Å². The normalized spacial score (nSPS) is 10.9. The van der Waals surface area contributed by atoms with Gasteiger partial charge in [-0.25, -0.2) is 4.98 Å². The van der Waals surface area contributed by atoms with Crippen LogP contribution < -0.4 is 10.1 Å². The molecule has 0 aliphatic carbocycles. The second-order valence-corrected chi connectivity index (χ2v) is 6.08. The molecule has 2 aromatic heterocycles. The molecule has 0 fully saturated rings. The molecule has 0 atom stereocenters. The van der Waals surface area contributed by atoms with Gasteiger partial charge in [0.05, 0.1) is 19.7 Å². The first-order chi connectivity index (χ1) is 13.1. The molecular weight excluding hydrogens is 344 g/mol. The Kier molecular flexibility index (Phi) is 4.33. The molecule has 136 valence electrons. The van der Waals surface area contributed by atoms with Crippen LogP contribution in [-0.4, -0.2) is 27.6 Å². The average Bonchev–Trinajstić information content (AvgIpc) is 3.25. The van der Waals surface area contributed by atoms with E-state index in [1.165, 1.54) is 0 Å². The lowest BCUT2D eigenvalue weighted by molar-refractivity contribution is -0.115. The Bertz CT molecular complexity index is 1100. The number of fused-ring (bicyclic) bond motifs is 1. The van der Waals surface area contributed by atoms with Crippen LogP contribution in [0.1, 0.15) is 11.4 Å². The van der Waals surface area contributed by atoms with Gasteiger partial charge in [0.1, 0.15) is 11.6 Å². The zero-order valence-corrected chi connectivity index (χ0v) is 15.0. The topological polar surface area (TPSA) is 81.7 Å². The Morgan fingerprint density at radius 2 is 1.96 bits per heavy atom. The highest BCUT2D eigenvalue weighted by atomic mass is 16.5. The molecule has 2 aromatic carbocycles. The number of carbonyl (C=O) groups is 1. The Morgan fingerprint density at radius 1 is 1.19 bits per heavy atom. The monoisotopic (exact) mass is 362 g/mol. The molecule has 0 saturated carbocycles. The van der Waals surface area contributed by atoms with E-state index >= 15 is 0 Å². The van der Waals surface area contributed by atoms with Crippen molar-refractivity contribution >= 4 is 17.3 Å². The third-order valence-electron chi connectivity index (χ3n) is 4.23. The van der Waals surface area contributed by atoms with Gasteiger partial charge in [-0.3, -0.25) is 4.79 Å². The summed E-state index contributed by atoms with van der Waals surface area (Å²) >= 11 is 0. The molecule has 4 aromatic rings. The number of hydrogen-bond donors (Lipinski definition) is 1. The van der Waals surface area contributed by atoms with E-state index in [4.69, 9.17) is 9.15 Å². The number of hydrogen-bond acceptors (Lipinski definition) is 5. The first-order valence-electron chi connectivity index (χ1n) is 8.47. The number of ether oxygens (including phenoxy) is 1. The first-order valence-corrected chi connectivity index (χ1v) is 8.47. The summed E-state index contributed by atoms with van der Waals surface area (Å²) in [6, 6.07) is 14.8. The van der Waals surface area contributed by atoms with Crippen molar-refractivity contribution in [3.63, 3.8) is 0 Å². The van der Waals surface area contributed by atoms with E-state index in [0.29, 0.717) is 23.0 Å². The number of para-hydroxylation sites is 1. The number of nitrogens with zero attached hydrogens (tertiary/aromatic N) is 3. The van der Waals surface area contributed by atoms with Gasteiger partial charge in [0, 0.05) is 16.8 Å². The SMILES string of the molecule is COc1ccccc1CC(=O)Nc1ccc(-c2nn3c(C)ncc3o2)cc1. The fraction of sp³-hybridized carbons (Fsp3) is 0.150. The van der Waals surface area contributed by atoms with Gasteiger partial charge in [0.25, 0.3) is 0 Å². The number of anilines is 1. The molecule has 7 heteroatoms. The van der Waals surface area contributed by atoms with Gasteiger partial charge in [-0.2, -0.15) is 4.52 Å². The fourth-order valence-corrected chi connectivity index (χ4v) is 2.86. The summed E-state index contributed by atoms with van der Waals surface area (Å²) < 4.78 is 12.6. The van der Waals surface area contributed by atoms with Gasteiger partial charge < -0.3 is 14.5 Å². The van der Waals surface area contributed by atoms with E-state index in [0.717, 1.165) is 17.0 Å². The first kappa shape index (κ1) is 16.8. The second-order valence-electron chi connectivity index (χ2n) is 6.08. The minimum Gasteiger partial charge on any atom is -0.496 e. The van der Waals surface area contributed by atoms with Crippen molar-refractivity contribution in [2.75, 3.05) is 12.4 Å². The summed E-state index contributed by atoms with van der Waals surface area (Å²) in [5, 5.41) is 7.28. The molecule has 0 aliphatic heterocycles. The summed E-state index contributed by atoms with van der Waals surface area (Å²) in [5.74, 6) is 1.86. The number of rotatable bonds is 5. The molecule has 4 rings (SSSR count). The molecule has 0 saturated heterocycles. The van der Waals surface area contributed by atoms with E-state index in [2.05, 4.69) is 15.4 Å². The van der Waals surface area contributed by atoms with E-state index < -0.39 is 0 Å². The zero-order valence-electron chi connectivity index (χ0n) is 15.0. The summed E-state index contributed by atoms with van der Waals surface area (Å²) in [7, 11) is 1.59. The number of aromatic nitrogens is 3. The van der Waals surface area contributed by atoms with Gasteiger partial charge in [-0.05, 0) is 37.3 Å². The lowest BCUT2D eigenvalue weighted by atomic mass is 10.1. The molecule has 0 unspecified atom stereocenters. The molecule has 27 heavy (non-hydrogen) atoms. The minimum atomic E-state index is -0.112. The van der Waals surface area contributed by atoms with Crippen LogP contribution in [0.4, 0.5) is 5.69 Å². The van der Waals surface area contributed by atoms with Crippen molar-refractivity contribution < 1.29 is 13.9 Å². The molecule has 0 aliphatic rings. The molecule has 1 amide bonds. The number of nitrogens with one attached hydrogen (secondary N) is 1. The van der Waals surface area contributed by atoms with Crippen molar-refractivity contribution in [2.24, 2.45) is 0 Å². The molecule has 0 radical (unpaired) electrons. The predicted octanol–water partition coefficient (Wildman–Crippen LogP) is 3.49. The third-order valence-corrected chi connectivity index (χ3v) is 4.23. The van der Waals surface area contributed by atoms with Crippen molar-refractivity contribution in [1.82, 2.24) is 14.6 Å². The van der Waals surface area contributed by atoms with E-state index in [9.17, 15) is 4.79 Å². The summed E-state index contributed by atoms with van der Waals surface area (Å²) in [5.41, 5.74) is 2.96. The van der Waals surface area contributed by atoms with Crippen LogP contribution in [-0.2, 0) is 11.2 Å². The Morgan fingerprint density at radius 3 is 2.70 bits per heavy atom. The van der Waals surface area contributed by atoms with Crippen molar-refractivity contribution in [3.8, 4) is 17.2 Å². The highest BCUT2D eigenvalue weighted by molar-refractivity contribution is 5.92. The van der Waals surface area contributed by atoms with Gasteiger partial charge in [-0.1, -0.05) is 18.2 Å². The second kappa shape index (κ2) is 6.95. The number of benzene rings is 2. The predicted molar refractivity (Wildman–Crippen MR) is 101 cm³/mol. The smallest absolute Gasteiger partial charge is 0.246 e. The Hall–Kier alpha value is -3.61. The Balaban J connectivity index is 1.46. The molecular formula is C20H18N4O3. The maximum Gasteiger partial charge on any atom is 0.246 e. The van der Waals surface area contributed by atoms with E-state index in [1.54, 1.807) is 17.8 Å². The summed E-state index contributed by atoms with van der Waals surface area (Å²) in [6.45, 7) is 1.86. The fourth-order valence-electron chi connectivity index (χ4n) is 2.86. The van der Waals surface area contributed by atoms with Crippen molar-refractivity contribution in [3.05, 3.63) is 66.1 Å². The largest absolute Gasteiger partial charge is 0.496 e. The van der Waals surface area contributed by atoms with Gasteiger partial charge >= 0.3 is 0 Å². The molecule has 7 nitrogen and oxygen atoms in total. The van der Waals surface area contributed by atoms with Crippen LogP contribution in [0.15, 0.2) is 59.1 Å². The third kappa shape index (κ3) is 3.39. The number of carbonyl (C=O) groups excluding carboxylic acids is 1. The van der Waals surface area contributed by atoms with Crippen LogP contribution >= 0.6 is 0 Å². The summed E-state index contributed by atoms with van der Waals surface area (Å²) in [4.78, 5) is 16.5. The van der Waals surface area contributed by atoms with Gasteiger partial charge in [0.2, 0.25) is 17.5 Å². The number of aryl methyl sites for hydroxylation is 1. The molecule has 2 heterocycles. The zero-order chi connectivity index (χ0) is 18.8. The Labute approximate surface area is 155 Å². The molecule has 1 N–H and O–H groups in total. The maximum atomic E-state index is 12.3. The average molecular weight is 362 g/mol. The van der Waals surface area contributed by atoms with Gasteiger partial charge in [0.15, 0.2) is 0 Å². The van der Waals surface area contributed by atoms with Crippen LogP contribution in [0.3, 0.4) is 0 Å². The number of imidazole rings is 1. The van der Waals surface area contributed by atoms with Crippen molar-refractivity contribution in [2.45, 2.75) is 13.3 Å². The highest BCUT2D eigenvalue weighted by Gasteiger charge is 2.12. The van der Waals surface area contributed by atoms with E-state index in [-0.39, 0.29) is 12.3 Å². The molecule has 0 bridgehead atoms. The van der Waals surface area contributed by atoms with Gasteiger partial charge in [-0.15, -0.1) is 5.10 Å². The van der Waals surface area contributed by atoms with Crippen molar-refractivity contribution in [1.29, 1.82) is 0 Å². The number of methoxy groups -OCH3 is 1. The lowest BCUT2D eigenvalue weighted by Gasteiger charge is -2.09. The maximum absolute atomic E-state index is 12.3. The standard InChI is InChI=1S/C20H18N4O3/c1-13-21-12-19-24(13)23-20(27-19)14-7-9-16(10-8-14)22-18(25)11-15-5-3-4-6-17(15)26-2/h3-10,12H,11H2,1-2H3,(H,22,25). The van der Waals surface area contributed by atoms with Crippen LogP contribution in [0.5, 0.6) is 5.75 Å². The molecule has 0 spiro atoms. The van der Waals surface area contributed by atoms with Crippen LogP contribution in [0.25, 0.3) is 17.2 Å². The van der Waals surface area contributed by atoms with Crippen LogP contribution in [0, 0.1) is 6.92 Å². The quantitative estimate of drug-likeness (QED) is 0.588. The summed E-state index contributed by atoms with van der Waals surface area (Å²) in [6.07, 6.45) is 1.88. The lowest BCUT2D eigenvalue weighted by Crippen LogP contribution is -2.14. The van der Waals surface area contributed by atoms with E-state index in [1.807, 2.05) is 55.5 Å².